The second kappa shape index (κ2) is 8.78. The molecule has 1 unspecified atom stereocenters. The number of benzene rings is 2. The van der Waals surface area contributed by atoms with Crippen molar-refractivity contribution >= 4 is 34.3 Å². The van der Waals surface area contributed by atoms with E-state index in [1.165, 1.54) is 37.6 Å². The lowest BCUT2D eigenvalue weighted by atomic mass is 10.1. The zero-order valence-corrected chi connectivity index (χ0v) is 16.4. The number of carbonyl (C=O) groups excluding carboxylic acids is 1. The number of thiocarbonyl (C=S) groups is 1. The Hall–Kier alpha value is -3.33. The van der Waals surface area contributed by atoms with Crippen LogP contribution in [0.3, 0.4) is 0 Å². The molecular formula is C20H17FN2O5S. The van der Waals surface area contributed by atoms with Gasteiger partial charge >= 0.3 is 5.97 Å². The number of phenolic OH excluding ortho intramolecular Hbond substituents is 1. The van der Waals surface area contributed by atoms with Gasteiger partial charge in [-0.1, -0.05) is 0 Å². The summed E-state index contributed by atoms with van der Waals surface area (Å²) in [6.07, 6.45) is 0.803. The van der Waals surface area contributed by atoms with Crippen LogP contribution in [-0.2, 0) is 14.3 Å². The molecule has 29 heavy (non-hydrogen) atoms. The molecule has 0 aliphatic rings. The van der Waals surface area contributed by atoms with Crippen LogP contribution < -0.4 is 4.74 Å². The number of halogens is 1. The Labute approximate surface area is 171 Å². The Morgan fingerprint density at radius 3 is 2.76 bits per heavy atom. The molecule has 0 saturated carbocycles. The van der Waals surface area contributed by atoms with Crippen molar-refractivity contribution in [2.75, 3.05) is 13.7 Å². The van der Waals surface area contributed by atoms with E-state index < -0.39 is 12.1 Å². The number of rotatable bonds is 6. The summed E-state index contributed by atoms with van der Waals surface area (Å²) < 4.78 is 28.5. The Morgan fingerprint density at radius 2 is 2.03 bits per heavy atom. The van der Waals surface area contributed by atoms with Crippen LogP contribution in [0.5, 0.6) is 11.5 Å². The maximum atomic E-state index is 13.3. The van der Waals surface area contributed by atoms with Crippen LogP contribution in [0.4, 0.5) is 4.39 Å². The molecule has 2 aromatic carbocycles. The molecule has 0 bridgehead atoms. The molecule has 0 aliphatic heterocycles. The zero-order valence-electron chi connectivity index (χ0n) is 15.6. The van der Waals surface area contributed by atoms with E-state index in [4.69, 9.17) is 21.7 Å². The molecule has 9 heteroatoms. The summed E-state index contributed by atoms with van der Waals surface area (Å²) in [6.45, 7) is 1.30. The highest BCUT2D eigenvalue weighted by Gasteiger charge is 2.16. The van der Waals surface area contributed by atoms with Gasteiger partial charge in [-0.3, -0.25) is 4.98 Å². The Morgan fingerprint density at radius 1 is 1.24 bits per heavy atom. The number of aromatic hydroxyl groups is 1. The van der Waals surface area contributed by atoms with Gasteiger partial charge in [0, 0.05) is 11.6 Å². The maximum Gasteiger partial charge on any atom is 0.343 e. The van der Waals surface area contributed by atoms with Gasteiger partial charge in [-0.25, -0.2) is 14.2 Å². The van der Waals surface area contributed by atoms with Crippen molar-refractivity contribution in [3.05, 3.63) is 48.4 Å². The number of hydrogen-bond acceptors (Lipinski definition) is 8. The van der Waals surface area contributed by atoms with E-state index in [2.05, 4.69) is 14.7 Å². The Balaban J connectivity index is 1.74. The van der Waals surface area contributed by atoms with E-state index in [9.17, 15) is 14.3 Å². The SMILES string of the molecule is COC(=O)COC(=S)C(C)Oc1ccc(-c2cnc3cc(F)ccc3n2)cc1O. The van der Waals surface area contributed by atoms with Gasteiger partial charge in [-0.15, -0.1) is 0 Å². The van der Waals surface area contributed by atoms with Crippen molar-refractivity contribution in [2.24, 2.45) is 0 Å². The van der Waals surface area contributed by atoms with Crippen molar-refractivity contribution in [1.82, 2.24) is 9.97 Å². The van der Waals surface area contributed by atoms with E-state index in [1.54, 1.807) is 19.1 Å². The second-order valence-corrected chi connectivity index (χ2v) is 6.42. The average molecular weight is 416 g/mol. The third-order valence-electron chi connectivity index (χ3n) is 3.95. The minimum absolute atomic E-state index is 0.0477. The highest BCUT2D eigenvalue weighted by molar-refractivity contribution is 7.80. The molecule has 1 heterocycles. The summed E-state index contributed by atoms with van der Waals surface area (Å²) in [5.74, 6) is -0.903. The largest absolute Gasteiger partial charge is 0.504 e. The van der Waals surface area contributed by atoms with Gasteiger partial charge in [0.05, 0.1) is 30.0 Å². The molecule has 0 fully saturated rings. The monoisotopic (exact) mass is 416 g/mol. The number of carbonyl (C=O) groups is 1. The molecule has 1 N–H and O–H groups in total. The first kappa shape index (κ1) is 20.4. The van der Waals surface area contributed by atoms with Gasteiger partial charge in [0.1, 0.15) is 5.82 Å². The summed E-state index contributed by atoms with van der Waals surface area (Å²) >= 11 is 5.06. The van der Waals surface area contributed by atoms with E-state index in [-0.39, 0.29) is 29.0 Å². The fourth-order valence-corrected chi connectivity index (χ4v) is 2.55. The van der Waals surface area contributed by atoms with Crippen molar-refractivity contribution in [3.63, 3.8) is 0 Å². The van der Waals surface area contributed by atoms with Crippen LogP contribution in [-0.4, -0.2) is 45.9 Å². The number of esters is 1. The number of ether oxygens (including phenoxy) is 3. The second-order valence-electron chi connectivity index (χ2n) is 6.01. The molecule has 0 saturated heterocycles. The van der Waals surface area contributed by atoms with Crippen LogP contribution in [0.15, 0.2) is 42.6 Å². The normalized spacial score (nSPS) is 11.7. The molecule has 7 nitrogen and oxygen atoms in total. The van der Waals surface area contributed by atoms with Gasteiger partial charge in [0.2, 0.25) is 5.05 Å². The molecule has 0 aliphatic carbocycles. The summed E-state index contributed by atoms with van der Waals surface area (Å²) in [5, 5.41) is 10.4. The number of methoxy groups -OCH3 is 1. The average Bonchev–Trinajstić information content (AvgIpc) is 2.72. The Bertz CT molecular complexity index is 1080. The van der Waals surface area contributed by atoms with Crippen LogP contribution in [0, 0.1) is 5.82 Å². The van der Waals surface area contributed by atoms with Crippen LogP contribution in [0.1, 0.15) is 6.92 Å². The number of aromatic nitrogens is 2. The number of nitrogens with zero attached hydrogens (tertiary/aromatic N) is 2. The molecule has 3 aromatic rings. The molecule has 1 atom stereocenters. The van der Waals surface area contributed by atoms with Crippen LogP contribution >= 0.6 is 12.2 Å². The molecular weight excluding hydrogens is 399 g/mol. The van der Waals surface area contributed by atoms with Gasteiger partial charge in [-0.2, -0.15) is 0 Å². The van der Waals surface area contributed by atoms with Crippen molar-refractivity contribution < 1.29 is 28.5 Å². The third kappa shape index (κ3) is 4.94. The van der Waals surface area contributed by atoms with E-state index in [0.29, 0.717) is 22.3 Å². The highest BCUT2D eigenvalue weighted by atomic mass is 32.1. The molecule has 3 rings (SSSR count). The van der Waals surface area contributed by atoms with Crippen molar-refractivity contribution in [2.45, 2.75) is 13.0 Å². The van der Waals surface area contributed by atoms with E-state index >= 15 is 0 Å². The fraction of sp³-hybridized carbons (Fsp3) is 0.200. The fourth-order valence-electron chi connectivity index (χ4n) is 2.44. The van der Waals surface area contributed by atoms with Crippen LogP contribution in [0.2, 0.25) is 0 Å². The first-order chi connectivity index (χ1) is 13.9. The summed E-state index contributed by atoms with van der Waals surface area (Å²) in [6, 6.07) is 8.87. The third-order valence-corrected chi connectivity index (χ3v) is 4.40. The van der Waals surface area contributed by atoms with Gasteiger partial charge in [-0.05, 0) is 49.5 Å². The number of phenols is 1. The molecule has 1 aromatic heterocycles. The van der Waals surface area contributed by atoms with Crippen molar-refractivity contribution in [1.29, 1.82) is 0 Å². The Kier molecular flexibility index (Phi) is 6.18. The number of hydrogen-bond donors (Lipinski definition) is 1. The van der Waals surface area contributed by atoms with E-state index in [0.717, 1.165) is 0 Å². The van der Waals surface area contributed by atoms with E-state index in [1.807, 2.05) is 0 Å². The summed E-state index contributed by atoms with van der Waals surface area (Å²) in [5.41, 5.74) is 2.08. The predicted molar refractivity (Wildman–Crippen MR) is 107 cm³/mol. The quantitative estimate of drug-likeness (QED) is 0.483. The smallest absolute Gasteiger partial charge is 0.343 e. The van der Waals surface area contributed by atoms with Gasteiger partial charge in [0.15, 0.2) is 24.2 Å². The minimum atomic E-state index is -0.693. The standard InChI is InChI=1S/C20H17FN2O5S/c1-11(20(29)27-10-19(25)26-2)28-18-6-3-12(7-17(18)24)16-9-22-15-8-13(21)4-5-14(15)23-16/h3-9,11,24H,10H2,1-2H3. The first-order valence-electron chi connectivity index (χ1n) is 8.53. The molecule has 0 amide bonds. The lowest BCUT2D eigenvalue weighted by Gasteiger charge is -2.17. The molecule has 0 radical (unpaired) electrons. The van der Waals surface area contributed by atoms with Gasteiger partial charge < -0.3 is 19.3 Å². The van der Waals surface area contributed by atoms with Crippen LogP contribution in [0.25, 0.3) is 22.3 Å². The van der Waals surface area contributed by atoms with Gasteiger partial charge in [0.25, 0.3) is 0 Å². The summed E-state index contributed by atoms with van der Waals surface area (Å²) in [4.78, 5) is 19.7. The first-order valence-corrected chi connectivity index (χ1v) is 8.94. The lowest BCUT2D eigenvalue weighted by Crippen LogP contribution is -2.27. The maximum absolute atomic E-state index is 13.3. The predicted octanol–water partition coefficient (Wildman–Crippen LogP) is 3.43. The lowest BCUT2D eigenvalue weighted by molar-refractivity contribution is -0.143. The zero-order chi connectivity index (χ0) is 21.0. The summed E-state index contributed by atoms with van der Waals surface area (Å²) in [7, 11) is 1.24. The highest BCUT2D eigenvalue weighted by Crippen LogP contribution is 2.32. The number of fused-ring (bicyclic) bond motifs is 1. The topological polar surface area (TPSA) is 90.8 Å². The molecule has 150 valence electrons. The minimum Gasteiger partial charge on any atom is -0.504 e. The van der Waals surface area contributed by atoms with Crippen molar-refractivity contribution in [3.8, 4) is 22.8 Å². The molecule has 0 spiro atoms.